The Hall–Kier alpha value is -0.580. The fourth-order valence-electron chi connectivity index (χ4n) is 2.10. The van der Waals surface area contributed by atoms with Crippen LogP contribution in [0.2, 0.25) is 0 Å². The van der Waals surface area contributed by atoms with Crippen molar-refractivity contribution in [2.75, 3.05) is 13.1 Å². The Morgan fingerprint density at radius 1 is 1.44 bits per heavy atom. The van der Waals surface area contributed by atoms with Gasteiger partial charge in [-0.2, -0.15) is 0 Å². The number of likely N-dealkylation sites (tertiary alicyclic amines) is 1. The van der Waals surface area contributed by atoms with Gasteiger partial charge in [-0.25, -0.2) is 0 Å². The largest absolute Gasteiger partial charge is 0.508 e. The zero-order valence-corrected chi connectivity index (χ0v) is 10.7. The summed E-state index contributed by atoms with van der Waals surface area (Å²) in [5.74, 6) is 0.322. The molecule has 3 nitrogen and oxygen atoms in total. The van der Waals surface area contributed by atoms with Crippen molar-refractivity contribution in [1.82, 2.24) is 4.90 Å². The summed E-state index contributed by atoms with van der Waals surface area (Å²) in [5, 5.41) is 19.3. The lowest BCUT2D eigenvalue weighted by Gasteiger charge is -2.30. The second-order valence-electron chi connectivity index (χ2n) is 4.30. The van der Waals surface area contributed by atoms with E-state index in [2.05, 4.69) is 20.8 Å². The molecular formula is C12H16BrNO2. The first-order valence-electron chi connectivity index (χ1n) is 5.53. The molecule has 0 saturated carbocycles. The van der Waals surface area contributed by atoms with Gasteiger partial charge in [0.1, 0.15) is 5.75 Å². The second kappa shape index (κ2) is 5.17. The molecule has 1 aliphatic heterocycles. The minimum atomic E-state index is -0.219. The van der Waals surface area contributed by atoms with E-state index < -0.39 is 0 Å². The van der Waals surface area contributed by atoms with E-state index in [-0.39, 0.29) is 6.10 Å². The fraction of sp³-hybridized carbons (Fsp3) is 0.500. The lowest BCUT2D eigenvalue weighted by Crippen LogP contribution is -2.37. The molecule has 2 N–H and O–H groups in total. The summed E-state index contributed by atoms with van der Waals surface area (Å²) in [4.78, 5) is 2.18. The first-order chi connectivity index (χ1) is 7.65. The third kappa shape index (κ3) is 2.97. The molecule has 0 spiro atoms. The molecule has 4 heteroatoms. The SMILES string of the molecule is Oc1ccc(Br)cc1CN1CCCC(O)C1. The molecule has 1 saturated heterocycles. The maximum atomic E-state index is 9.72. The molecule has 1 aromatic rings. The molecule has 0 aliphatic carbocycles. The summed E-state index contributed by atoms with van der Waals surface area (Å²) >= 11 is 3.39. The van der Waals surface area contributed by atoms with E-state index in [1.54, 1.807) is 6.07 Å². The van der Waals surface area contributed by atoms with Gasteiger partial charge in [0.25, 0.3) is 0 Å². The van der Waals surface area contributed by atoms with Gasteiger partial charge in [-0.1, -0.05) is 15.9 Å². The van der Waals surface area contributed by atoms with Crippen LogP contribution < -0.4 is 0 Å². The molecule has 16 heavy (non-hydrogen) atoms. The number of benzene rings is 1. The Morgan fingerprint density at radius 2 is 2.25 bits per heavy atom. The van der Waals surface area contributed by atoms with Crippen LogP contribution in [-0.4, -0.2) is 34.3 Å². The molecule has 1 aliphatic rings. The van der Waals surface area contributed by atoms with Gasteiger partial charge in [0.15, 0.2) is 0 Å². The van der Waals surface area contributed by atoms with Crippen LogP contribution in [0.3, 0.4) is 0 Å². The number of hydrogen-bond acceptors (Lipinski definition) is 3. The molecule has 1 fully saturated rings. The number of β-amino-alcohol motifs (C(OH)–C–C–N with tert-alkyl or cyclic N) is 1. The van der Waals surface area contributed by atoms with Crippen LogP contribution in [0, 0.1) is 0 Å². The first-order valence-corrected chi connectivity index (χ1v) is 6.32. The number of halogens is 1. The molecule has 0 bridgehead atoms. The van der Waals surface area contributed by atoms with Gasteiger partial charge in [0, 0.05) is 23.1 Å². The summed E-state index contributed by atoms with van der Waals surface area (Å²) in [7, 11) is 0. The molecule has 1 atom stereocenters. The van der Waals surface area contributed by atoms with E-state index in [1.807, 2.05) is 12.1 Å². The number of hydrogen-bond donors (Lipinski definition) is 2. The molecule has 0 amide bonds. The topological polar surface area (TPSA) is 43.7 Å². The van der Waals surface area contributed by atoms with Crippen molar-refractivity contribution in [1.29, 1.82) is 0 Å². The summed E-state index contributed by atoms with van der Waals surface area (Å²) in [6, 6.07) is 5.44. The van der Waals surface area contributed by atoms with Crippen molar-refractivity contribution in [3.63, 3.8) is 0 Å². The predicted octanol–water partition coefficient (Wildman–Crippen LogP) is 2.11. The maximum absolute atomic E-state index is 9.72. The number of aromatic hydroxyl groups is 1. The van der Waals surface area contributed by atoms with E-state index in [0.29, 0.717) is 18.8 Å². The Balaban J connectivity index is 2.05. The maximum Gasteiger partial charge on any atom is 0.120 e. The average Bonchev–Trinajstić information content (AvgIpc) is 2.24. The van der Waals surface area contributed by atoms with E-state index >= 15 is 0 Å². The highest BCUT2D eigenvalue weighted by Gasteiger charge is 2.18. The van der Waals surface area contributed by atoms with Crippen LogP contribution in [0.25, 0.3) is 0 Å². The standard InChI is InChI=1S/C12H16BrNO2/c13-10-3-4-12(16)9(6-10)7-14-5-1-2-11(15)8-14/h3-4,6,11,15-16H,1-2,5,7-8H2. The normalized spacial score (nSPS) is 22.2. The van der Waals surface area contributed by atoms with Gasteiger partial charge in [-0.15, -0.1) is 0 Å². The number of nitrogens with zero attached hydrogens (tertiary/aromatic N) is 1. The van der Waals surface area contributed by atoms with Crippen molar-refractivity contribution < 1.29 is 10.2 Å². The summed E-state index contributed by atoms with van der Waals surface area (Å²) in [5.41, 5.74) is 0.906. The van der Waals surface area contributed by atoms with Crippen LogP contribution in [0.4, 0.5) is 0 Å². The molecule has 2 rings (SSSR count). The van der Waals surface area contributed by atoms with Gasteiger partial charge < -0.3 is 10.2 Å². The Kier molecular flexibility index (Phi) is 3.84. The van der Waals surface area contributed by atoms with Crippen LogP contribution >= 0.6 is 15.9 Å². The van der Waals surface area contributed by atoms with Crippen molar-refractivity contribution in [2.45, 2.75) is 25.5 Å². The van der Waals surface area contributed by atoms with Crippen molar-refractivity contribution in [2.24, 2.45) is 0 Å². The van der Waals surface area contributed by atoms with Crippen LogP contribution in [-0.2, 0) is 6.54 Å². The van der Waals surface area contributed by atoms with E-state index in [9.17, 15) is 10.2 Å². The van der Waals surface area contributed by atoms with E-state index in [4.69, 9.17) is 0 Å². The van der Waals surface area contributed by atoms with Crippen LogP contribution in [0.15, 0.2) is 22.7 Å². The van der Waals surface area contributed by atoms with E-state index in [0.717, 1.165) is 29.4 Å². The molecule has 1 unspecified atom stereocenters. The molecule has 0 radical (unpaired) electrons. The predicted molar refractivity (Wildman–Crippen MR) is 66.3 cm³/mol. The molecule has 1 aromatic carbocycles. The third-order valence-electron chi connectivity index (χ3n) is 2.92. The number of piperidine rings is 1. The number of phenols is 1. The first kappa shape index (κ1) is 11.9. The third-order valence-corrected chi connectivity index (χ3v) is 3.41. The fourth-order valence-corrected chi connectivity index (χ4v) is 2.50. The Morgan fingerprint density at radius 3 is 3.00 bits per heavy atom. The Bertz CT molecular complexity index is 370. The second-order valence-corrected chi connectivity index (χ2v) is 5.22. The van der Waals surface area contributed by atoms with Gasteiger partial charge >= 0.3 is 0 Å². The van der Waals surface area contributed by atoms with Crippen LogP contribution in [0.1, 0.15) is 18.4 Å². The number of phenolic OH excluding ortho intramolecular Hbond substituents is 1. The van der Waals surface area contributed by atoms with Gasteiger partial charge in [0.2, 0.25) is 0 Å². The molecule has 0 aromatic heterocycles. The lowest BCUT2D eigenvalue weighted by atomic mass is 10.1. The highest BCUT2D eigenvalue weighted by Crippen LogP contribution is 2.24. The minimum absolute atomic E-state index is 0.219. The number of aliphatic hydroxyl groups is 1. The van der Waals surface area contributed by atoms with Gasteiger partial charge in [-0.3, -0.25) is 4.90 Å². The van der Waals surface area contributed by atoms with Crippen LogP contribution in [0.5, 0.6) is 5.75 Å². The summed E-state index contributed by atoms with van der Waals surface area (Å²) < 4.78 is 0.970. The summed E-state index contributed by atoms with van der Waals surface area (Å²) in [6.45, 7) is 2.39. The zero-order valence-electron chi connectivity index (χ0n) is 9.06. The average molecular weight is 286 g/mol. The molecule has 88 valence electrons. The monoisotopic (exact) mass is 285 g/mol. The lowest BCUT2D eigenvalue weighted by molar-refractivity contribution is 0.0664. The smallest absolute Gasteiger partial charge is 0.120 e. The summed E-state index contributed by atoms with van der Waals surface area (Å²) in [6.07, 6.45) is 1.69. The quantitative estimate of drug-likeness (QED) is 0.875. The van der Waals surface area contributed by atoms with E-state index in [1.165, 1.54) is 0 Å². The molecular weight excluding hydrogens is 270 g/mol. The number of rotatable bonds is 2. The van der Waals surface area contributed by atoms with Crippen molar-refractivity contribution in [3.8, 4) is 5.75 Å². The van der Waals surface area contributed by atoms with Crippen molar-refractivity contribution >= 4 is 15.9 Å². The van der Waals surface area contributed by atoms with Crippen molar-refractivity contribution in [3.05, 3.63) is 28.2 Å². The van der Waals surface area contributed by atoms with Gasteiger partial charge in [-0.05, 0) is 37.6 Å². The molecule has 1 heterocycles. The highest BCUT2D eigenvalue weighted by atomic mass is 79.9. The zero-order chi connectivity index (χ0) is 11.5. The number of aliphatic hydroxyl groups excluding tert-OH is 1. The Labute approximate surface area is 104 Å². The highest BCUT2D eigenvalue weighted by molar-refractivity contribution is 9.10. The minimum Gasteiger partial charge on any atom is -0.508 e. The van der Waals surface area contributed by atoms with Gasteiger partial charge in [0.05, 0.1) is 6.10 Å².